The quantitative estimate of drug-likeness (QED) is 0.805. The largest absolute Gasteiger partial charge is 0.346 e. The zero-order chi connectivity index (χ0) is 14.7. The van der Waals surface area contributed by atoms with Crippen LogP contribution in [0.15, 0.2) is 48.0 Å². The Hall–Kier alpha value is -2.54. The van der Waals surface area contributed by atoms with Gasteiger partial charge >= 0.3 is 0 Å². The highest BCUT2D eigenvalue weighted by Crippen LogP contribution is 2.09. The third kappa shape index (κ3) is 3.14. The molecule has 106 valence electrons. The average molecular weight is 302 g/mol. The van der Waals surface area contributed by atoms with Crippen LogP contribution in [0.1, 0.15) is 15.4 Å². The minimum Gasteiger partial charge on any atom is -0.346 e. The number of carbonyl (C=O) groups excluding carboxylic acids is 1. The summed E-state index contributed by atoms with van der Waals surface area (Å²) in [6.45, 7) is 0.458. The second-order valence-electron chi connectivity index (χ2n) is 4.29. The summed E-state index contributed by atoms with van der Waals surface area (Å²) in [6.07, 6.45) is 1.51. The van der Waals surface area contributed by atoms with E-state index in [-0.39, 0.29) is 17.4 Å². The third-order valence-corrected chi connectivity index (χ3v) is 3.70. The summed E-state index contributed by atoms with van der Waals surface area (Å²) in [7, 11) is 0. The molecule has 1 aromatic carbocycles. The lowest BCUT2D eigenvalue weighted by molar-refractivity contribution is 0.0946. The summed E-state index contributed by atoms with van der Waals surface area (Å²) in [6, 6.07) is 9.66. The van der Waals surface area contributed by atoms with Crippen molar-refractivity contribution in [3.63, 3.8) is 0 Å². The second kappa shape index (κ2) is 5.84. The number of rotatable bonds is 4. The van der Waals surface area contributed by atoms with E-state index in [2.05, 4.69) is 15.6 Å². The van der Waals surface area contributed by atoms with Gasteiger partial charge in [-0.25, -0.2) is 9.07 Å². The Morgan fingerprint density at radius 1 is 1.29 bits per heavy atom. The minimum absolute atomic E-state index is 0.218. The van der Waals surface area contributed by atoms with Gasteiger partial charge in [-0.3, -0.25) is 4.79 Å². The van der Waals surface area contributed by atoms with E-state index in [0.29, 0.717) is 12.2 Å². The van der Waals surface area contributed by atoms with Gasteiger partial charge in [0.25, 0.3) is 5.91 Å². The van der Waals surface area contributed by atoms with Crippen molar-refractivity contribution in [2.45, 2.75) is 6.54 Å². The summed E-state index contributed by atoms with van der Waals surface area (Å²) in [5.41, 5.74) is 0.858. The molecule has 2 aromatic heterocycles. The number of amides is 1. The summed E-state index contributed by atoms with van der Waals surface area (Å²) >= 11 is 1.57. The van der Waals surface area contributed by atoms with E-state index in [9.17, 15) is 9.18 Å². The van der Waals surface area contributed by atoms with Gasteiger partial charge in [-0.1, -0.05) is 11.3 Å². The molecule has 1 N–H and O–H groups in total. The summed E-state index contributed by atoms with van der Waals surface area (Å²) in [5.74, 6) is -0.621. The van der Waals surface area contributed by atoms with Gasteiger partial charge in [-0.05, 0) is 35.7 Å². The lowest BCUT2D eigenvalue weighted by Crippen LogP contribution is -2.22. The summed E-state index contributed by atoms with van der Waals surface area (Å²) in [4.78, 5) is 13.0. The van der Waals surface area contributed by atoms with Crippen LogP contribution < -0.4 is 5.32 Å². The summed E-state index contributed by atoms with van der Waals surface area (Å²) < 4.78 is 14.3. The van der Waals surface area contributed by atoms with Crippen molar-refractivity contribution < 1.29 is 9.18 Å². The van der Waals surface area contributed by atoms with Gasteiger partial charge in [-0.2, -0.15) is 0 Å². The molecule has 0 saturated carbocycles. The molecule has 0 unspecified atom stereocenters. The number of nitrogens with one attached hydrogen (secondary N) is 1. The Bertz CT molecular complexity index is 737. The third-order valence-electron chi connectivity index (χ3n) is 2.82. The molecule has 3 aromatic rings. The Morgan fingerprint density at radius 2 is 2.10 bits per heavy atom. The smallest absolute Gasteiger partial charge is 0.273 e. The molecule has 0 bridgehead atoms. The SMILES string of the molecule is O=C(NCc1cccs1)c1cn(-c2ccc(F)cc2)nn1. The maximum Gasteiger partial charge on any atom is 0.273 e. The normalized spacial score (nSPS) is 10.5. The summed E-state index contributed by atoms with van der Waals surface area (Å²) in [5, 5.41) is 12.4. The van der Waals surface area contributed by atoms with Crippen LogP contribution in [0.2, 0.25) is 0 Å². The van der Waals surface area contributed by atoms with E-state index in [4.69, 9.17) is 0 Å². The van der Waals surface area contributed by atoms with Crippen molar-refractivity contribution in [3.8, 4) is 5.69 Å². The van der Waals surface area contributed by atoms with Crippen molar-refractivity contribution in [2.24, 2.45) is 0 Å². The number of hydrogen-bond donors (Lipinski definition) is 1. The Balaban J connectivity index is 1.69. The number of halogens is 1. The Morgan fingerprint density at radius 3 is 2.81 bits per heavy atom. The molecular weight excluding hydrogens is 291 g/mol. The van der Waals surface area contributed by atoms with Crippen molar-refractivity contribution in [1.82, 2.24) is 20.3 Å². The number of benzene rings is 1. The Kier molecular flexibility index (Phi) is 3.74. The zero-order valence-corrected chi connectivity index (χ0v) is 11.7. The fourth-order valence-corrected chi connectivity index (χ4v) is 2.40. The standard InChI is InChI=1S/C14H11FN4OS/c15-10-3-5-11(6-4-10)19-9-13(17-18-19)14(20)16-8-12-2-1-7-21-12/h1-7,9H,8H2,(H,16,20). The highest BCUT2D eigenvalue weighted by Gasteiger charge is 2.11. The first-order valence-electron chi connectivity index (χ1n) is 6.21. The number of aromatic nitrogens is 3. The van der Waals surface area contributed by atoms with Crippen LogP contribution in [0, 0.1) is 5.82 Å². The van der Waals surface area contributed by atoms with Crippen molar-refractivity contribution in [1.29, 1.82) is 0 Å². The fourth-order valence-electron chi connectivity index (χ4n) is 1.76. The predicted molar refractivity (Wildman–Crippen MR) is 76.8 cm³/mol. The van der Waals surface area contributed by atoms with Crippen LogP contribution in [0.3, 0.4) is 0 Å². The molecule has 0 fully saturated rings. The predicted octanol–water partition coefficient (Wildman–Crippen LogP) is 2.40. The lowest BCUT2D eigenvalue weighted by Gasteiger charge is -2.00. The first-order chi connectivity index (χ1) is 10.2. The first kappa shape index (κ1) is 13.4. The maximum atomic E-state index is 12.9. The van der Waals surface area contributed by atoms with Gasteiger partial charge in [0.1, 0.15) is 5.82 Å². The van der Waals surface area contributed by atoms with Gasteiger partial charge in [0.2, 0.25) is 0 Å². The molecule has 0 radical (unpaired) electrons. The van der Waals surface area contributed by atoms with E-state index >= 15 is 0 Å². The van der Waals surface area contributed by atoms with Gasteiger partial charge < -0.3 is 5.32 Å². The molecule has 0 aliphatic rings. The molecular formula is C14H11FN4OS. The van der Waals surface area contributed by atoms with Crippen molar-refractivity contribution in [2.75, 3.05) is 0 Å². The highest BCUT2D eigenvalue weighted by atomic mass is 32.1. The van der Waals surface area contributed by atoms with Crippen LogP contribution in [0.25, 0.3) is 5.69 Å². The van der Waals surface area contributed by atoms with Gasteiger partial charge in [-0.15, -0.1) is 16.4 Å². The highest BCUT2D eigenvalue weighted by molar-refractivity contribution is 7.09. The minimum atomic E-state index is -0.326. The van der Waals surface area contributed by atoms with Crippen molar-refractivity contribution >= 4 is 17.2 Å². The zero-order valence-electron chi connectivity index (χ0n) is 10.9. The molecule has 21 heavy (non-hydrogen) atoms. The number of carbonyl (C=O) groups is 1. The van der Waals surface area contributed by atoms with Crippen LogP contribution in [-0.4, -0.2) is 20.9 Å². The van der Waals surface area contributed by atoms with Gasteiger partial charge in [0.15, 0.2) is 5.69 Å². The lowest BCUT2D eigenvalue weighted by atomic mass is 10.3. The topological polar surface area (TPSA) is 59.8 Å². The molecule has 2 heterocycles. The second-order valence-corrected chi connectivity index (χ2v) is 5.32. The van der Waals surface area contributed by atoms with Crippen molar-refractivity contribution in [3.05, 3.63) is 64.4 Å². The molecule has 0 atom stereocenters. The average Bonchev–Trinajstić information content (AvgIpc) is 3.17. The molecule has 0 aliphatic carbocycles. The van der Waals surface area contributed by atoms with Gasteiger partial charge in [0, 0.05) is 4.88 Å². The number of hydrogen-bond acceptors (Lipinski definition) is 4. The van der Waals surface area contributed by atoms with E-state index < -0.39 is 0 Å². The van der Waals surface area contributed by atoms with Crippen LogP contribution in [-0.2, 0) is 6.54 Å². The molecule has 5 nitrogen and oxygen atoms in total. The van der Waals surface area contributed by atoms with E-state index in [0.717, 1.165) is 4.88 Å². The van der Waals surface area contributed by atoms with Gasteiger partial charge in [0.05, 0.1) is 18.4 Å². The van der Waals surface area contributed by atoms with E-state index in [1.165, 1.54) is 23.0 Å². The monoisotopic (exact) mass is 302 g/mol. The van der Waals surface area contributed by atoms with Crippen LogP contribution in [0.5, 0.6) is 0 Å². The molecule has 0 spiro atoms. The fraction of sp³-hybridized carbons (Fsp3) is 0.0714. The molecule has 1 amide bonds. The number of thiophene rings is 1. The molecule has 3 rings (SSSR count). The van der Waals surface area contributed by atoms with E-state index in [1.54, 1.807) is 23.5 Å². The molecule has 0 saturated heterocycles. The Labute approximate surface area is 124 Å². The van der Waals surface area contributed by atoms with E-state index in [1.807, 2.05) is 17.5 Å². The maximum absolute atomic E-state index is 12.9. The van der Waals surface area contributed by atoms with Crippen LogP contribution >= 0.6 is 11.3 Å². The molecule has 0 aliphatic heterocycles. The van der Waals surface area contributed by atoms with Crippen LogP contribution in [0.4, 0.5) is 4.39 Å². The molecule has 7 heteroatoms. The first-order valence-corrected chi connectivity index (χ1v) is 7.09. The number of nitrogens with zero attached hydrogens (tertiary/aromatic N) is 3.